The van der Waals surface area contributed by atoms with E-state index in [0.717, 1.165) is 6.92 Å². The third kappa shape index (κ3) is 16.1. The highest BCUT2D eigenvalue weighted by molar-refractivity contribution is 6.12. The van der Waals surface area contributed by atoms with E-state index in [1.165, 1.54) is 48.5 Å². The molecule has 4 rings (SSSR count). The summed E-state index contributed by atoms with van der Waals surface area (Å²) >= 11 is 0. The highest BCUT2D eigenvalue weighted by Gasteiger charge is 2.38. The lowest BCUT2D eigenvalue weighted by Gasteiger charge is -2.19. The molecule has 0 radical (unpaired) electrons. The van der Waals surface area contributed by atoms with Gasteiger partial charge in [0.2, 0.25) is 29.2 Å². The Kier molecular flexibility index (Phi) is 19.2. The van der Waals surface area contributed by atoms with Gasteiger partial charge < -0.3 is 19.0 Å². The molecule has 1 saturated carbocycles. The topological polar surface area (TPSA) is 177 Å². The van der Waals surface area contributed by atoms with Crippen molar-refractivity contribution in [2.45, 2.75) is 135 Å². The van der Waals surface area contributed by atoms with Crippen molar-refractivity contribution in [3.63, 3.8) is 0 Å². The maximum absolute atomic E-state index is 13.5. The van der Waals surface area contributed by atoms with Crippen LogP contribution >= 0.6 is 0 Å². The zero-order valence-corrected chi connectivity index (χ0v) is 38.2. The first kappa shape index (κ1) is 56.3. The molecule has 2 aromatic carbocycles. The maximum atomic E-state index is 13.5. The van der Waals surface area contributed by atoms with Crippen LogP contribution < -0.4 is 9.47 Å². The molecule has 2 aliphatic rings. The number of hydrogen-bond donors (Lipinski definition) is 0. The van der Waals surface area contributed by atoms with Crippen LogP contribution in [0.5, 0.6) is 11.5 Å². The zero-order valence-electron chi connectivity index (χ0n) is 38.2. The Bertz CT molecular complexity index is 2070. The van der Waals surface area contributed by atoms with Crippen molar-refractivity contribution in [3.05, 3.63) is 57.9 Å². The first-order chi connectivity index (χ1) is 28.8. The van der Waals surface area contributed by atoms with Gasteiger partial charge in [-0.05, 0) is 93.2 Å². The number of ether oxygens (including phenoxy) is 3. The summed E-state index contributed by atoms with van der Waals surface area (Å²) in [6, 6.07) is 0.707. The number of amides is 2. The van der Waals surface area contributed by atoms with Gasteiger partial charge in [-0.15, -0.1) is 5.06 Å². The average Bonchev–Trinajstić information content (AvgIpc) is 3.64. The van der Waals surface area contributed by atoms with Crippen molar-refractivity contribution >= 4 is 47.3 Å². The monoisotopic (exact) mass is 921 g/mol. The lowest BCUT2D eigenvalue weighted by atomic mass is 9.92. The van der Waals surface area contributed by atoms with Crippen LogP contribution in [0.1, 0.15) is 126 Å². The second-order valence-electron chi connectivity index (χ2n) is 18.9. The summed E-state index contributed by atoms with van der Waals surface area (Å²) in [6.07, 6.45) is -0.269. The number of Topliss-reactive ketones (excluding diaryl/α,β-unsaturated/α-hetero) is 2. The molecule has 0 N–H and O–H groups in total. The quantitative estimate of drug-likeness (QED) is 0.0531. The van der Waals surface area contributed by atoms with E-state index in [2.05, 4.69) is 9.47 Å². The Balaban J connectivity index is 0.000000429. The number of rotatable bonds is 5. The summed E-state index contributed by atoms with van der Waals surface area (Å²) in [5, 5.41) is 0.563. The standard InChI is InChI=1S/C12H12F4O2.C12H13F3O2.C11H16O4.C9H13NO4/c1-5-6(13)8(15)9(16)10(7(5)14)18-11(17)12(2,3)4;1-6-5-7(13)9(15)10(8(6)14)17-11(16)12(2,3)4;1-11(2,3)6-9(14)15-10-7(12)4-5-8(10)13;1-9(2,3)8(13)14-10-6(11)4-5-7(10)12/h1-4H3;5H,1-4H3;10H,4-6H2,1-3H3;4-5H2,1-3H3. The molecule has 356 valence electrons. The van der Waals surface area contributed by atoms with Crippen LogP contribution in [0.25, 0.3) is 0 Å². The minimum Gasteiger partial charge on any atom is -0.446 e. The van der Waals surface area contributed by atoms with Crippen LogP contribution in [0.2, 0.25) is 0 Å². The number of hydrogen-bond acceptors (Lipinski definition) is 12. The first-order valence-corrected chi connectivity index (χ1v) is 19.6. The van der Waals surface area contributed by atoms with Gasteiger partial charge in [-0.1, -0.05) is 20.8 Å². The number of carbonyl (C=O) groups excluding carboxylic acids is 8. The highest BCUT2D eigenvalue weighted by Crippen LogP contribution is 2.32. The van der Waals surface area contributed by atoms with Gasteiger partial charge >= 0.3 is 23.9 Å². The van der Waals surface area contributed by atoms with E-state index in [-0.39, 0.29) is 54.6 Å². The highest BCUT2D eigenvalue weighted by atomic mass is 19.2. The SMILES string of the molecule is CC(C)(C)C(=O)ON1C(=O)CCC1=O.CC(C)(C)CC(=O)OC1C(=O)CCC1=O.Cc1c(F)c(F)c(F)c(OC(=O)C(C)(C)C)c1F.Cc1cc(F)c(F)c(OC(=O)C(C)(C)C)c1F. The van der Waals surface area contributed by atoms with Gasteiger partial charge in [0.1, 0.15) is 0 Å². The van der Waals surface area contributed by atoms with E-state index in [1.54, 1.807) is 20.8 Å². The van der Waals surface area contributed by atoms with Gasteiger partial charge in [0.05, 0.1) is 22.7 Å². The van der Waals surface area contributed by atoms with Gasteiger partial charge in [0.15, 0.2) is 40.7 Å². The first-order valence-electron chi connectivity index (χ1n) is 19.6. The summed E-state index contributed by atoms with van der Waals surface area (Å²) in [5.41, 5.74) is -3.74. The van der Waals surface area contributed by atoms with Crippen LogP contribution in [0, 0.1) is 76.2 Å². The molecule has 0 unspecified atom stereocenters. The van der Waals surface area contributed by atoms with Gasteiger partial charge in [-0.2, -0.15) is 8.78 Å². The normalized spacial score (nSPS) is 14.4. The molecule has 1 aliphatic carbocycles. The zero-order chi connectivity index (χ0) is 50.2. The predicted octanol–water partition coefficient (Wildman–Crippen LogP) is 8.77. The molecule has 1 heterocycles. The van der Waals surface area contributed by atoms with E-state index in [4.69, 9.17) is 9.57 Å². The van der Waals surface area contributed by atoms with Crippen LogP contribution in [-0.2, 0) is 47.9 Å². The Labute approximate surface area is 366 Å². The average molecular weight is 922 g/mol. The maximum Gasteiger partial charge on any atom is 0.338 e. The molecule has 2 amide bonds. The van der Waals surface area contributed by atoms with Crippen molar-refractivity contribution < 1.29 is 88.1 Å². The largest absolute Gasteiger partial charge is 0.446 e. The second-order valence-corrected chi connectivity index (χ2v) is 18.9. The number of hydroxylamine groups is 2. The van der Waals surface area contributed by atoms with Crippen molar-refractivity contribution in [1.82, 2.24) is 5.06 Å². The van der Waals surface area contributed by atoms with Crippen LogP contribution in [-0.4, -0.2) is 58.4 Å². The molecule has 1 saturated heterocycles. The number of esters is 3. The Morgan fingerprint density at radius 2 is 0.969 bits per heavy atom. The molecule has 20 heteroatoms. The number of benzene rings is 2. The fourth-order valence-electron chi connectivity index (χ4n) is 4.40. The van der Waals surface area contributed by atoms with Crippen LogP contribution in [0.4, 0.5) is 30.7 Å². The number of aryl methyl sites for hydroxylation is 1. The summed E-state index contributed by atoms with van der Waals surface area (Å²) in [5.74, 6) is -17.1. The van der Waals surface area contributed by atoms with Crippen LogP contribution in [0.3, 0.4) is 0 Å². The second kappa shape index (κ2) is 21.8. The molecule has 1 aliphatic heterocycles. The van der Waals surface area contributed by atoms with E-state index < -0.39 is 116 Å². The Morgan fingerprint density at radius 1 is 0.562 bits per heavy atom. The number of ketones is 2. The smallest absolute Gasteiger partial charge is 0.338 e. The van der Waals surface area contributed by atoms with Gasteiger partial charge in [-0.3, -0.25) is 33.6 Å². The fourth-order valence-corrected chi connectivity index (χ4v) is 4.40. The summed E-state index contributed by atoms with van der Waals surface area (Å²) in [4.78, 5) is 94.9. The summed E-state index contributed by atoms with van der Waals surface area (Å²) in [7, 11) is 0. The van der Waals surface area contributed by atoms with Gasteiger partial charge in [-0.25, -0.2) is 26.7 Å². The summed E-state index contributed by atoms with van der Waals surface area (Å²) < 4.78 is 107. The molecule has 0 aromatic heterocycles. The van der Waals surface area contributed by atoms with E-state index in [1.807, 2.05) is 20.8 Å². The molecule has 13 nitrogen and oxygen atoms in total. The van der Waals surface area contributed by atoms with Crippen molar-refractivity contribution in [2.75, 3.05) is 0 Å². The molecular formula is C44H54F7NO12. The third-order valence-electron chi connectivity index (χ3n) is 8.27. The predicted molar refractivity (Wildman–Crippen MR) is 212 cm³/mol. The number of nitrogens with zero attached hydrogens (tertiary/aromatic N) is 1. The lowest BCUT2D eigenvalue weighted by molar-refractivity contribution is -0.203. The van der Waals surface area contributed by atoms with Crippen molar-refractivity contribution in [1.29, 1.82) is 0 Å². The number of imide groups is 1. The minimum atomic E-state index is -1.87. The van der Waals surface area contributed by atoms with E-state index in [0.29, 0.717) is 11.1 Å². The van der Waals surface area contributed by atoms with Gasteiger partial charge in [0.25, 0.3) is 11.8 Å². The molecule has 2 aromatic rings. The molecule has 0 atom stereocenters. The van der Waals surface area contributed by atoms with E-state index >= 15 is 0 Å². The third-order valence-corrected chi connectivity index (χ3v) is 8.27. The van der Waals surface area contributed by atoms with Crippen molar-refractivity contribution in [2.24, 2.45) is 21.7 Å². The molecule has 64 heavy (non-hydrogen) atoms. The van der Waals surface area contributed by atoms with Gasteiger partial charge in [0, 0.05) is 31.2 Å². The molecular weight excluding hydrogens is 867 g/mol. The Morgan fingerprint density at radius 3 is 1.36 bits per heavy atom. The molecule has 0 spiro atoms. The minimum absolute atomic E-state index is 0.121. The fraction of sp³-hybridized carbons (Fsp3) is 0.545. The molecule has 2 fully saturated rings. The van der Waals surface area contributed by atoms with Crippen molar-refractivity contribution in [3.8, 4) is 11.5 Å². The summed E-state index contributed by atoms with van der Waals surface area (Å²) in [6.45, 7) is 21.8. The molecule has 0 bridgehead atoms. The van der Waals surface area contributed by atoms with E-state index in [9.17, 15) is 69.1 Å². The lowest BCUT2D eigenvalue weighted by Crippen LogP contribution is -2.36. The number of carbonyl (C=O) groups is 8. The number of halogens is 7. The van der Waals surface area contributed by atoms with Crippen LogP contribution in [0.15, 0.2) is 6.07 Å². The Hall–Kier alpha value is -5.69.